The topological polar surface area (TPSA) is 0 Å². The van der Waals surface area contributed by atoms with Crippen LogP contribution in [-0.4, -0.2) is 11.5 Å². The summed E-state index contributed by atoms with van der Waals surface area (Å²) in [5.41, 5.74) is 1.33. The molecule has 0 unspecified atom stereocenters. The molecule has 78 valence electrons. The molecule has 0 heterocycles. The van der Waals surface area contributed by atoms with E-state index < -0.39 is 0 Å². The SMILES string of the molecule is C=C/C=C\C(=C/C=C)[C@H](CCC)SC. The summed E-state index contributed by atoms with van der Waals surface area (Å²) in [4.78, 5) is 0. The summed E-state index contributed by atoms with van der Waals surface area (Å²) in [5.74, 6) is 0. The van der Waals surface area contributed by atoms with Crippen LogP contribution < -0.4 is 0 Å². The second kappa shape index (κ2) is 8.89. The van der Waals surface area contributed by atoms with Crippen molar-refractivity contribution in [2.24, 2.45) is 0 Å². The lowest BCUT2D eigenvalue weighted by atomic mass is 10.1. The Labute approximate surface area is 92.5 Å². The Hall–Kier alpha value is -0.690. The van der Waals surface area contributed by atoms with E-state index in [0.29, 0.717) is 5.25 Å². The van der Waals surface area contributed by atoms with E-state index in [0.717, 1.165) is 0 Å². The van der Waals surface area contributed by atoms with Gasteiger partial charge in [-0.15, -0.1) is 0 Å². The lowest BCUT2D eigenvalue weighted by Gasteiger charge is -2.14. The second-order valence-corrected chi connectivity index (χ2v) is 4.05. The molecule has 0 bridgehead atoms. The first kappa shape index (κ1) is 13.3. The maximum atomic E-state index is 3.74. The molecule has 0 aromatic rings. The van der Waals surface area contributed by atoms with E-state index in [4.69, 9.17) is 0 Å². The van der Waals surface area contributed by atoms with E-state index in [1.807, 2.05) is 23.9 Å². The molecule has 0 N–H and O–H groups in total. The molecule has 0 nitrogen and oxygen atoms in total. The molecular formula is C13H20S. The van der Waals surface area contributed by atoms with Crippen molar-refractivity contribution in [3.63, 3.8) is 0 Å². The first-order valence-corrected chi connectivity index (χ1v) is 6.23. The van der Waals surface area contributed by atoms with Crippen LogP contribution in [0.1, 0.15) is 19.8 Å². The van der Waals surface area contributed by atoms with Crippen molar-refractivity contribution in [1.82, 2.24) is 0 Å². The molecule has 0 radical (unpaired) electrons. The fourth-order valence-corrected chi connectivity index (χ4v) is 2.17. The van der Waals surface area contributed by atoms with Crippen molar-refractivity contribution in [3.05, 3.63) is 49.1 Å². The number of hydrogen-bond donors (Lipinski definition) is 0. The molecule has 0 aliphatic carbocycles. The molecule has 0 aliphatic heterocycles. The highest BCUT2D eigenvalue weighted by atomic mass is 32.2. The molecule has 0 saturated heterocycles. The number of hydrogen-bond acceptors (Lipinski definition) is 1. The fraction of sp³-hybridized carbons (Fsp3) is 0.385. The van der Waals surface area contributed by atoms with Gasteiger partial charge in [-0.05, 0) is 18.2 Å². The lowest BCUT2D eigenvalue weighted by Crippen LogP contribution is -2.03. The summed E-state index contributed by atoms with van der Waals surface area (Å²) in [7, 11) is 0. The van der Waals surface area contributed by atoms with E-state index in [-0.39, 0.29) is 0 Å². The van der Waals surface area contributed by atoms with Crippen LogP contribution in [-0.2, 0) is 0 Å². The van der Waals surface area contributed by atoms with Crippen molar-refractivity contribution in [2.45, 2.75) is 25.0 Å². The summed E-state index contributed by atoms with van der Waals surface area (Å²) < 4.78 is 0. The molecule has 1 heteroatoms. The lowest BCUT2D eigenvalue weighted by molar-refractivity contribution is 0.813. The predicted octanol–water partition coefficient (Wildman–Crippen LogP) is 4.37. The first-order valence-electron chi connectivity index (χ1n) is 4.94. The van der Waals surface area contributed by atoms with Gasteiger partial charge in [0.25, 0.3) is 0 Å². The summed E-state index contributed by atoms with van der Waals surface area (Å²) in [6, 6.07) is 0. The third-order valence-electron chi connectivity index (χ3n) is 1.94. The Morgan fingerprint density at radius 3 is 2.50 bits per heavy atom. The van der Waals surface area contributed by atoms with Gasteiger partial charge in [-0.2, -0.15) is 11.8 Å². The molecule has 0 aromatic heterocycles. The van der Waals surface area contributed by atoms with Gasteiger partial charge in [0.15, 0.2) is 0 Å². The smallest absolute Gasteiger partial charge is 0.0294 e. The zero-order chi connectivity index (χ0) is 10.8. The summed E-state index contributed by atoms with van der Waals surface area (Å²) >= 11 is 1.89. The van der Waals surface area contributed by atoms with Crippen LogP contribution >= 0.6 is 11.8 Å². The Morgan fingerprint density at radius 1 is 1.36 bits per heavy atom. The minimum Gasteiger partial charge on any atom is -0.157 e. The summed E-state index contributed by atoms with van der Waals surface area (Å²) in [6.07, 6.45) is 14.4. The minimum absolute atomic E-state index is 0.578. The predicted molar refractivity (Wildman–Crippen MR) is 69.8 cm³/mol. The second-order valence-electron chi connectivity index (χ2n) is 3.01. The zero-order valence-electron chi connectivity index (χ0n) is 9.20. The Morgan fingerprint density at radius 2 is 2.07 bits per heavy atom. The molecule has 0 saturated carbocycles. The van der Waals surface area contributed by atoms with Crippen LogP contribution in [0.3, 0.4) is 0 Å². The Kier molecular flexibility index (Phi) is 8.45. The van der Waals surface area contributed by atoms with E-state index in [2.05, 4.69) is 38.5 Å². The number of rotatable bonds is 7. The average Bonchev–Trinajstić information content (AvgIpc) is 2.21. The molecule has 0 fully saturated rings. The van der Waals surface area contributed by atoms with Crippen molar-refractivity contribution in [2.75, 3.05) is 6.26 Å². The monoisotopic (exact) mass is 208 g/mol. The molecule has 0 aromatic carbocycles. The Bertz CT molecular complexity index is 223. The largest absolute Gasteiger partial charge is 0.157 e. The molecule has 0 spiro atoms. The van der Waals surface area contributed by atoms with Crippen molar-refractivity contribution in [3.8, 4) is 0 Å². The van der Waals surface area contributed by atoms with Crippen LogP contribution in [0.25, 0.3) is 0 Å². The van der Waals surface area contributed by atoms with Gasteiger partial charge < -0.3 is 0 Å². The highest BCUT2D eigenvalue weighted by Gasteiger charge is 2.08. The number of thioether (sulfide) groups is 1. The fourth-order valence-electron chi connectivity index (χ4n) is 1.27. The van der Waals surface area contributed by atoms with Crippen LogP contribution in [0.15, 0.2) is 49.1 Å². The van der Waals surface area contributed by atoms with Crippen molar-refractivity contribution < 1.29 is 0 Å². The third kappa shape index (κ3) is 5.13. The van der Waals surface area contributed by atoms with Gasteiger partial charge in [0.1, 0.15) is 0 Å². The van der Waals surface area contributed by atoms with Crippen molar-refractivity contribution >= 4 is 11.8 Å². The molecular weight excluding hydrogens is 188 g/mol. The molecule has 0 amide bonds. The van der Waals surface area contributed by atoms with Crippen LogP contribution in [0.2, 0.25) is 0 Å². The molecule has 0 rings (SSSR count). The van der Waals surface area contributed by atoms with E-state index in [1.54, 1.807) is 6.08 Å². The van der Waals surface area contributed by atoms with Crippen LogP contribution in [0.4, 0.5) is 0 Å². The van der Waals surface area contributed by atoms with Gasteiger partial charge in [-0.3, -0.25) is 0 Å². The van der Waals surface area contributed by atoms with Gasteiger partial charge in [0.05, 0.1) is 0 Å². The normalized spacial score (nSPS) is 14.3. The zero-order valence-corrected chi connectivity index (χ0v) is 10.0. The van der Waals surface area contributed by atoms with Crippen LogP contribution in [0, 0.1) is 0 Å². The van der Waals surface area contributed by atoms with E-state index in [1.165, 1.54) is 18.4 Å². The summed E-state index contributed by atoms with van der Waals surface area (Å²) in [6.45, 7) is 9.63. The molecule has 14 heavy (non-hydrogen) atoms. The maximum absolute atomic E-state index is 3.74. The van der Waals surface area contributed by atoms with Gasteiger partial charge in [0.2, 0.25) is 0 Å². The Balaban J connectivity index is 4.59. The maximum Gasteiger partial charge on any atom is 0.0294 e. The van der Waals surface area contributed by atoms with Gasteiger partial charge in [0, 0.05) is 5.25 Å². The van der Waals surface area contributed by atoms with Crippen LogP contribution in [0.5, 0.6) is 0 Å². The average molecular weight is 208 g/mol. The quantitative estimate of drug-likeness (QED) is 0.560. The van der Waals surface area contributed by atoms with E-state index in [9.17, 15) is 0 Å². The first-order chi connectivity index (χ1) is 6.79. The summed E-state index contributed by atoms with van der Waals surface area (Å²) in [5, 5.41) is 0.578. The van der Waals surface area contributed by atoms with Gasteiger partial charge in [-0.1, -0.05) is 56.9 Å². The number of allylic oxidation sites excluding steroid dienone is 5. The molecule has 1 atom stereocenters. The standard InChI is InChI=1S/C13H20S/c1-5-8-11-12(9-6-2)13(14-4)10-7-3/h5-6,8-9,11,13H,1-2,7,10H2,3-4H3/b11-8-,12-9+/t13-/m0/s1. The highest BCUT2D eigenvalue weighted by Crippen LogP contribution is 2.22. The third-order valence-corrected chi connectivity index (χ3v) is 3.02. The van der Waals surface area contributed by atoms with Gasteiger partial charge in [-0.25, -0.2) is 0 Å². The van der Waals surface area contributed by atoms with Crippen molar-refractivity contribution in [1.29, 1.82) is 0 Å². The van der Waals surface area contributed by atoms with E-state index >= 15 is 0 Å². The van der Waals surface area contributed by atoms with Gasteiger partial charge >= 0.3 is 0 Å². The minimum atomic E-state index is 0.578. The molecule has 0 aliphatic rings. The highest BCUT2D eigenvalue weighted by molar-refractivity contribution is 7.99.